The summed E-state index contributed by atoms with van der Waals surface area (Å²) in [5, 5.41) is 5.91. The predicted molar refractivity (Wildman–Crippen MR) is 89.5 cm³/mol. The Morgan fingerprint density at radius 2 is 2.37 bits per heavy atom. The van der Waals surface area contributed by atoms with Gasteiger partial charge in [-0.3, -0.25) is 4.79 Å². The van der Waals surface area contributed by atoms with Gasteiger partial charge in [-0.2, -0.15) is 0 Å². The standard InChI is InChI=1S/C13H12BrIN2OS/c1-2-11(13-16-5-6-19-13)17-12(18)9-7-8(14)3-4-10(9)15/h3-7,11H,2H2,1H3,(H,17,18). The maximum absolute atomic E-state index is 12.3. The van der Waals surface area contributed by atoms with Crippen molar-refractivity contribution in [2.75, 3.05) is 0 Å². The molecular formula is C13H12BrIN2OS. The molecule has 0 aliphatic rings. The molecule has 1 amide bonds. The van der Waals surface area contributed by atoms with E-state index < -0.39 is 0 Å². The van der Waals surface area contributed by atoms with Crippen LogP contribution in [0.3, 0.4) is 0 Å². The normalized spacial score (nSPS) is 12.2. The highest BCUT2D eigenvalue weighted by atomic mass is 127. The highest BCUT2D eigenvalue weighted by molar-refractivity contribution is 14.1. The van der Waals surface area contributed by atoms with Crippen LogP contribution in [0.15, 0.2) is 34.2 Å². The molecule has 2 aromatic rings. The molecule has 1 unspecified atom stereocenters. The monoisotopic (exact) mass is 450 g/mol. The fraction of sp³-hybridized carbons (Fsp3) is 0.231. The second-order valence-electron chi connectivity index (χ2n) is 3.93. The molecule has 19 heavy (non-hydrogen) atoms. The number of nitrogens with zero attached hydrogens (tertiary/aromatic N) is 1. The fourth-order valence-corrected chi connectivity index (χ4v) is 3.37. The lowest BCUT2D eigenvalue weighted by Gasteiger charge is -2.15. The van der Waals surface area contributed by atoms with Crippen molar-refractivity contribution in [2.45, 2.75) is 19.4 Å². The molecule has 0 spiro atoms. The Kier molecular flexibility index (Phi) is 5.35. The summed E-state index contributed by atoms with van der Waals surface area (Å²) in [5.74, 6) is -0.0623. The molecule has 3 nitrogen and oxygen atoms in total. The van der Waals surface area contributed by atoms with Gasteiger partial charge in [0, 0.05) is 19.6 Å². The Labute approximate surface area is 138 Å². The van der Waals surface area contributed by atoms with Crippen molar-refractivity contribution < 1.29 is 4.79 Å². The minimum Gasteiger partial charge on any atom is -0.343 e. The molecule has 0 saturated carbocycles. The largest absolute Gasteiger partial charge is 0.343 e. The van der Waals surface area contributed by atoms with Crippen LogP contribution in [0.4, 0.5) is 0 Å². The van der Waals surface area contributed by atoms with Gasteiger partial charge in [0.2, 0.25) is 0 Å². The van der Waals surface area contributed by atoms with E-state index in [0.717, 1.165) is 19.5 Å². The zero-order valence-electron chi connectivity index (χ0n) is 10.2. The number of thiazole rings is 1. The number of benzene rings is 1. The zero-order chi connectivity index (χ0) is 13.8. The summed E-state index contributed by atoms with van der Waals surface area (Å²) in [7, 11) is 0. The van der Waals surface area contributed by atoms with Crippen LogP contribution in [0.2, 0.25) is 0 Å². The predicted octanol–water partition coefficient (Wildman–Crippen LogP) is 4.39. The first-order valence-electron chi connectivity index (χ1n) is 5.77. The Morgan fingerprint density at radius 3 is 3.00 bits per heavy atom. The maximum atomic E-state index is 12.3. The summed E-state index contributed by atoms with van der Waals surface area (Å²) >= 11 is 7.13. The molecule has 0 radical (unpaired) electrons. The highest BCUT2D eigenvalue weighted by Gasteiger charge is 2.17. The molecule has 1 N–H and O–H groups in total. The van der Waals surface area contributed by atoms with E-state index in [2.05, 4.69) is 48.8 Å². The number of hydrogen-bond donors (Lipinski definition) is 1. The molecular weight excluding hydrogens is 439 g/mol. The van der Waals surface area contributed by atoms with E-state index in [1.165, 1.54) is 0 Å². The SMILES string of the molecule is CCC(NC(=O)c1cc(Br)ccc1I)c1nccs1. The van der Waals surface area contributed by atoms with Crippen molar-refractivity contribution in [3.63, 3.8) is 0 Å². The molecule has 1 aromatic heterocycles. The highest BCUT2D eigenvalue weighted by Crippen LogP contribution is 2.22. The second kappa shape index (κ2) is 6.81. The summed E-state index contributed by atoms with van der Waals surface area (Å²) in [6, 6.07) is 5.66. The topological polar surface area (TPSA) is 42.0 Å². The van der Waals surface area contributed by atoms with E-state index in [1.807, 2.05) is 30.5 Å². The fourth-order valence-electron chi connectivity index (χ4n) is 1.65. The number of halogens is 2. The molecule has 6 heteroatoms. The summed E-state index contributed by atoms with van der Waals surface area (Å²) in [6.07, 6.45) is 2.58. The summed E-state index contributed by atoms with van der Waals surface area (Å²) in [6.45, 7) is 2.04. The van der Waals surface area contributed by atoms with Gasteiger partial charge in [-0.15, -0.1) is 11.3 Å². The Bertz CT molecular complexity index is 574. The molecule has 1 aromatic carbocycles. The zero-order valence-corrected chi connectivity index (χ0v) is 14.8. The second-order valence-corrected chi connectivity index (χ2v) is 6.93. The third kappa shape index (κ3) is 3.76. The van der Waals surface area contributed by atoms with E-state index in [0.29, 0.717) is 5.56 Å². The first kappa shape index (κ1) is 14.9. The maximum Gasteiger partial charge on any atom is 0.252 e. The van der Waals surface area contributed by atoms with Gasteiger partial charge in [0.15, 0.2) is 0 Å². The summed E-state index contributed by atoms with van der Waals surface area (Å²) < 4.78 is 1.84. The van der Waals surface area contributed by atoms with Crippen LogP contribution in [0, 0.1) is 3.57 Å². The molecule has 1 heterocycles. The average Bonchev–Trinajstić information content (AvgIpc) is 2.92. The van der Waals surface area contributed by atoms with Gasteiger partial charge in [0.1, 0.15) is 5.01 Å². The molecule has 0 fully saturated rings. The molecule has 100 valence electrons. The smallest absolute Gasteiger partial charge is 0.252 e. The van der Waals surface area contributed by atoms with Gasteiger partial charge < -0.3 is 5.32 Å². The Morgan fingerprint density at radius 1 is 1.58 bits per heavy atom. The summed E-state index contributed by atoms with van der Waals surface area (Å²) in [4.78, 5) is 16.6. The van der Waals surface area contributed by atoms with Crippen molar-refractivity contribution in [3.05, 3.63) is 48.4 Å². The number of carbonyl (C=O) groups excluding carboxylic acids is 1. The van der Waals surface area contributed by atoms with Gasteiger partial charge in [0.05, 0.1) is 11.6 Å². The van der Waals surface area contributed by atoms with Crippen molar-refractivity contribution in [2.24, 2.45) is 0 Å². The minimum atomic E-state index is -0.0623. The number of rotatable bonds is 4. The third-order valence-electron chi connectivity index (χ3n) is 2.64. The molecule has 0 bridgehead atoms. The lowest BCUT2D eigenvalue weighted by Crippen LogP contribution is -2.28. The van der Waals surface area contributed by atoms with E-state index >= 15 is 0 Å². The van der Waals surface area contributed by atoms with E-state index in [9.17, 15) is 4.79 Å². The number of carbonyl (C=O) groups is 1. The van der Waals surface area contributed by atoms with Crippen molar-refractivity contribution >= 4 is 55.8 Å². The minimum absolute atomic E-state index is 0.0257. The third-order valence-corrected chi connectivity index (χ3v) is 4.96. The van der Waals surface area contributed by atoms with Crippen LogP contribution in [-0.4, -0.2) is 10.9 Å². The van der Waals surface area contributed by atoms with Crippen LogP contribution in [0.5, 0.6) is 0 Å². The van der Waals surface area contributed by atoms with Gasteiger partial charge >= 0.3 is 0 Å². The number of amides is 1. The van der Waals surface area contributed by atoms with Crippen LogP contribution in [0.1, 0.15) is 34.8 Å². The number of nitrogens with one attached hydrogen (secondary N) is 1. The molecule has 0 aliphatic carbocycles. The van der Waals surface area contributed by atoms with Crippen LogP contribution < -0.4 is 5.32 Å². The molecule has 2 rings (SSSR count). The first-order chi connectivity index (χ1) is 9.11. The van der Waals surface area contributed by atoms with E-state index in [4.69, 9.17) is 0 Å². The average molecular weight is 451 g/mol. The van der Waals surface area contributed by atoms with Crippen LogP contribution >= 0.6 is 49.9 Å². The Hall–Kier alpha value is -0.470. The van der Waals surface area contributed by atoms with Crippen LogP contribution in [0.25, 0.3) is 0 Å². The van der Waals surface area contributed by atoms with Gasteiger partial charge in [-0.05, 0) is 47.2 Å². The molecule has 1 atom stereocenters. The quantitative estimate of drug-likeness (QED) is 0.702. The van der Waals surface area contributed by atoms with Crippen molar-refractivity contribution in [1.82, 2.24) is 10.3 Å². The molecule has 0 aliphatic heterocycles. The Balaban J connectivity index is 2.18. The number of aromatic nitrogens is 1. The van der Waals surface area contributed by atoms with Crippen molar-refractivity contribution in [1.29, 1.82) is 0 Å². The van der Waals surface area contributed by atoms with Gasteiger partial charge in [-0.25, -0.2) is 4.98 Å². The van der Waals surface area contributed by atoms with Gasteiger partial charge in [0.25, 0.3) is 5.91 Å². The number of hydrogen-bond acceptors (Lipinski definition) is 3. The van der Waals surface area contributed by atoms with E-state index in [1.54, 1.807) is 17.5 Å². The lowest BCUT2D eigenvalue weighted by atomic mass is 10.2. The lowest BCUT2D eigenvalue weighted by molar-refractivity contribution is 0.0934. The molecule has 0 saturated heterocycles. The first-order valence-corrected chi connectivity index (χ1v) is 8.52. The summed E-state index contributed by atoms with van der Waals surface area (Å²) in [5.41, 5.74) is 0.685. The van der Waals surface area contributed by atoms with Gasteiger partial charge in [-0.1, -0.05) is 22.9 Å². The van der Waals surface area contributed by atoms with E-state index in [-0.39, 0.29) is 11.9 Å². The van der Waals surface area contributed by atoms with Crippen LogP contribution in [-0.2, 0) is 0 Å². The van der Waals surface area contributed by atoms with Crippen molar-refractivity contribution in [3.8, 4) is 0 Å².